The summed E-state index contributed by atoms with van der Waals surface area (Å²) in [5.74, 6) is 0.0575. The first-order chi connectivity index (χ1) is 16.2. The average Bonchev–Trinajstić information content (AvgIpc) is 3.20. The highest BCUT2D eigenvalue weighted by atomic mass is 35.5. The number of benzene rings is 3. The first-order valence-electron chi connectivity index (χ1n) is 11.1. The van der Waals surface area contributed by atoms with Gasteiger partial charge in [-0.15, -0.1) is 0 Å². The number of nitrogens with one attached hydrogen (secondary N) is 2. The van der Waals surface area contributed by atoms with Gasteiger partial charge in [0.2, 0.25) is 5.91 Å². The van der Waals surface area contributed by atoms with Gasteiger partial charge < -0.3 is 10.3 Å². The number of fused-ring (bicyclic) bond motifs is 2. The number of carbonyl (C=O) groups excluding carboxylic acids is 1. The Labute approximate surface area is 197 Å². The number of halogens is 1. The van der Waals surface area contributed by atoms with E-state index < -0.39 is 0 Å². The number of nitrogens with zero attached hydrogens (tertiary/aromatic N) is 1. The minimum Gasteiger partial charge on any atom is -0.353 e. The lowest BCUT2D eigenvalue weighted by molar-refractivity contribution is -0.121. The molecule has 2 N–H and O–H groups in total. The Morgan fingerprint density at radius 2 is 1.76 bits per heavy atom. The number of aryl methyl sites for hydroxylation is 1. The molecule has 33 heavy (non-hydrogen) atoms. The van der Waals surface area contributed by atoms with Crippen LogP contribution < -0.4 is 5.32 Å². The van der Waals surface area contributed by atoms with Crippen molar-refractivity contribution in [2.24, 2.45) is 0 Å². The van der Waals surface area contributed by atoms with Crippen LogP contribution in [0.5, 0.6) is 0 Å². The van der Waals surface area contributed by atoms with Gasteiger partial charge in [0.25, 0.3) is 0 Å². The van der Waals surface area contributed by atoms with Gasteiger partial charge in [0, 0.05) is 34.3 Å². The molecule has 0 aliphatic carbocycles. The van der Waals surface area contributed by atoms with Crippen LogP contribution in [0.25, 0.3) is 33.2 Å². The summed E-state index contributed by atoms with van der Waals surface area (Å²) in [5.41, 5.74) is 6.10. The van der Waals surface area contributed by atoms with E-state index in [2.05, 4.69) is 22.4 Å². The topological polar surface area (TPSA) is 57.8 Å². The van der Waals surface area contributed by atoms with Crippen molar-refractivity contribution in [3.8, 4) is 11.4 Å². The number of hydrogen-bond donors (Lipinski definition) is 2. The summed E-state index contributed by atoms with van der Waals surface area (Å²) < 4.78 is 0. The van der Waals surface area contributed by atoms with Crippen LogP contribution in [0.15, 0.2) is 84.9 Å². The molecule has 2 aromatic heterocycles. The van der Waals surface area contributed by atoms with Gasteiger partial charge in [0.15, 0.2) is 0 Å². The van der Waals surface area contributed by atoms with Crippen molar-refractivity contribution in [1.82, 2.24) is 15.3 Å². The van der Waals surface area contributed by atoms with Crippen LogP contribution in [0, 0.1) is 0 Å². The summed E-state index contributed by atoms with van der Waals surface area (Å²) in [6, 6.07) is 28.1. The molecule has 0 aliphatic rings. The molecule has 0 atom stereocenters. The van der Waals surface area contributed by atoms with E-state index in [1.54, 1.807) is 0 Å². The molecule has 1 amide bonds. The van der Waals surface area contributed by atoms with E-state index >= 15 is 0 Å². The number of para-hydroxylation sites is 1. The monoisotopic (exact) mass is 453 g/mol. The average molecular weight is 454 g/mol. The smallest absolute Gasteiger partial charge is 0.220 e. The largest absolute Gasteiger partial charge is 0.353 e. The zero-order valence-electron chi connectivity index (χ0n) is 18.1. The lowest BCUT2D eigenvalue weighted by Gasteiger charge is -2.08. The minimum absolute atomic E-state index is 0.0575. The number of hydrogen-bond acceptors (Lipinski definition) is 2. The molecule has 164 valence electrons. The molecule has 0 radical (unpaired) electrons. The van der Waals surface area contributed by atoms with Gasteiger partial charge in [0.1, 0.15) is 0 Å². The number of aromatic amines is 1. The fourth-order valence-corrected chi connectivity index (χ4v) is 4.39. The Bertz CT molecular complexity index is 1430. The highest BCUT2D eigenvalue weighted by Gasteiger charge is 2.15. The molecule has 0 saturated heterocycles. The third-order valence-corrected chi connectivity index (χ3v) is 6.12. The van der Waals surface area contributed by atoms with Gasteiger partial charge in [0.05, 0.1) is 16.9 Å². The second kappa shape index (κ2) is 9.47. The lowest BCUT2D eigenvalue weighted by Crippen LogP contribution is -2.22. The Hall–Kier alpha value is -3.63. The molecule has 5 heteroatoms. The number of amides is 1. The van der Waals surface area contributed by atoms with Crippen molar-refractivity contribution in [1.29, 1.82) is 0 Å². The van der Waals surface area contributed by atoms with Crippen molar-refractivity contribution < 1.29 is 4.79 Å². The standard InChI is InChI=1S/C28H24ClN3O/c29-21-14-16-25-23(17-21)22(10-6-12-27(33)30-18-19-7-2-1-3-8-19)28(32-25)26-15-13-20-9-4-5-11-24(20)31-26/h1-5,7-9,11,13-17,32H,6,10,12,18H2,(H,30,33). The summed E-state index contributed by atoms with van der Waals surface area (Å²) in [5, 5.41) is 5.90. The number of carbonyl (C=O) groups is 1. The zero-order valence-corrected chi connectivity index (χ0v) is 18.9. The Balaban J connectivity index is 1.37. The Morgan fingerprint density at radius 1 is 0.939 bits per heavy atom. The van der Waals surface area contributed by atoms with Gasteiger partial charge in [-0.25, -0.2) is 4.98 Å². The summed E-state index contributed by atoms with van der Waals surface area (Å²) >= 11 is 6.31. The molecule has 0 fully saturated rings. The highest BCUT2D eigenvalue weighted by Crippen LogP contribution is 2.33. The van der Waals surface area contributed by atoms with Crippen LogP contribution in [0.4, 0.5) is 0 Å². The molecule has 5 aromatic rings. The maximum Gasteiger partial charge on any atom is 0.220 e. The maximum absolute atomic E-state index is 12.4. The number of aromatic nitrogens is 2. The normalized spacial score (nSPS) is 11.2. The quantitative estimate of drug-likeness (QED) is 0.289. The summed E-state index contributed by atoms with van der Waals surface area (Å²) in [4.78, 5) is 20.8. The van der Waals surface area contributed by atoms with E-state index in [0.29, 0.717) is 18.0 Å². The summed E-state index contributed by atoms with van der Waals surface area (Å²) in [6.45, 7) is 0.550. The van der Waals surface area contributed by atoms with Gasteiger partial charge in [-0.2, -0.15) is 0 Å². The molecule has 5 rings (SSSR count). The van der Waals surface area contributed by atoms with Crippen LogP contribution in [-0.2, 0) is 17.8 Å². The molecule has 0 unspecified atom stereocenters. The second-order valence-electron chi connectivity index (χ2n) is 8.17. The molecule has 0 aliphatic heterocycles. The first-order valence-corrected chi connectivity index (χ1v) is 11.5. The van der Waals surface area contributed by atoms with E-state index in [9.17, 15) is 4.79 Å². The molecule has 0 bridgehead atoms. The highest BCUT2D eigenvalue weighted by molar-refractivity contribution is 6.31. The molecule has 2 heterocycles. The van der Waals surface area contributed by atoms with Gasteiger partial charge in [-0.05, 0) is 54.3 Å². The summed E-state index contributed by atoms with van der Waals surface area (Å²) in [7, 11) is 0. The minimum atomic E-state index is 0.0575. The van der Waals surface area contributed by atoms with Crippen LogP contribution in [0.1, 0.15) is 24.0 Å². The predicted octanol–water partition coefficient (Wildman–Crippen LogP) is 6.68. The Kier molecular flexibility index (Phi) is 6.09. The van der Waals surface area contributed by atoms with Crippen LogP contribution in [-0.4, -0.2) is 15.9 Å². The van der Waals surface area contributed by atoms with E-state index in [1.807, 2.05) is 72.8 Å². The van der Waals surface area contributed by atoms with Gasteiger partial charge >= 0.3 is 0 Å². The molecule has 0 saturated carbocycles. The van der Waals surface area contributed by atoms with Crippen LogP contribution in [0.3, 0.4) is 0 Å². The second-order valence-corrected chi connectivity index (χ2v) is 8.61. The maximum atomic E-state index is 12.4. The fraction of sp³-hybridized carbons (Fsp3) is 0.143. The SMILES string of the molecule is O=C(CCCc1c(-c2ccc3ccccc3n2)[nH]c2ccc(Cl)cc12)NCc1ccccc1. The predicted molar refractivity (Wildman–Crippen MR) is 135 cm³/mol. The van der Waals surface area contributed by atoms with Crippen molar-refractivity contribution >= 4 is 39.3 Å². The van der Waals surface area contributed by atoms with Gasteiger partial charge in [-0.1, -0.05) is 66.2 Å². The van der Waals surface area contributed by atoms with Crippen molar-refractivity contribution in [2.45, 2.75) is 25.8 Å². The zero-order chi connectivity index (χ0) is 22.6. The third-order valence-electron chi connectivity index (χ3n) is 5.89. The first kappa shape index (κ1) is 21.2. The van der Waals surface area contributed by atoms with E-state index in [1.165, 1.54) is 0 Å². The molecular formula is C28H24ClN3O. The number of pyridine rings is 1. The van der Waals surface area contributed by atoms with Gasteiger partial charge in [-0.3, -0.25) is 4.79 Å². The van der Waals surface area contributed by atoms with Crippen LogP contribution in [0.2, 0.25) is 5.02 Å². The molecular weight excluding hydrogens is 430 g/mol. The Morgan fingerprint density at radius 3 is 2.64 bits per heavy atom. The molecule has 3 aromatic carbocycles. The molecule has 4 nitrogen and oxygen atoms in total. The lowest BCUT2D eigenvalue weighted by atomic mass is 10.0. The molecule has 0 spiro atoms. The fourth-order valence-electron chi connectivity index (χ4n) is 4.21. The van der Waals surface area contributed by atoms with E-state index in [4.69, 9.17) is 16.6 Å². The van der Waals surface area contributed by atoms with Crippen LogP contribution >= 0.6 is 11.6 Å². The third kappa shape index (κ3) is 4.76. The number of rotatable bonds is 7. The van der Waals surface area contributed by atoms with Crippen molar-refractivity contribution in [3.05, 3.63) is 101 Å². The summed E-state index contributed by atoms with van der Waals surface area (Å²) in [6.07, 6.45) is 1.95. The van der Waals surface area contributed by atoms with E-state index in [-0.39, 0.29) is 5.91 Å². The van der Waals surface area contributed by atoms with Crippen molar-refractivity contribution in [3.63, 3.8) is 0 Å². The van der Waals surface area contributed by atoms with Crippen molar-refractivity contribution in [2.75, 3.05) is 0 Å². The van der Waals surface area contributed by atoms with E-state index in [0.717, 1.165) is 57.2 Å². The number of H-pyrrole nitrogens is 1.